The lowest BCUT2D eigenvalue weighted by Gasteiger charge is -2.04. The molecule has 0 saturated heterocycles. The molecule has 0 saturated carbocycles. The summed E-state index contributed by atoms with van der Waals surface area (Å²) in [5, 5.41) is 7.55. The molecule has 0 radical (unpaired) electrons. The number of aryl methyl sites for hydroxylation is 1. The molecule has 2 aromatic heterocycles. The van der Waals surface area contributed by atoms with Crippen LogP contribution in [-0.4, -0.2) is 23.6 Å². The zero-order valence-electron chi connectivity index (χ0n) is 11.8. The SMILES string of the molecule is Cc1nnc(-c2cc(S(=O)(=O)NCc3ccccc3)c[nH]2)o1. The number of nitrogens with zero attached hydrogens (tertiary/aromatic N) is 2. The van der Waals surface area contributed by atoms with Gasteiger partial charge in [-0.2, -0.15) is 0 Å². The maximum atomic E-state index is 12.3. The number of benzene rings is 1. The van der Waals surface area contributed by atoms with E-state index in [1.54, 1.807) is 6.92 Å². The van der Waals surface area contributed by atoms with Gasteiger partial charge in [0, 0.05) is 19.7 Å². The van der Waals surface area contributed by atoms with Gasteiger partial charge in [0.25, 0.3) is 5.89 Å². The monoisotopic (exact) mass is 318 g/mol. The quantitative estimate of drug-likeness (QED) is 0.747. The molecule has 0 aliphatic heterocycles. The molecule has 0 aliphatic carbocycles. The van der Waals surface area contributed by atoms with E-state index in [-0.39, 0.29) is 17.3 Å². The van der Waals surface area contributed by atoms with Gasteiger partial charge in [-0.3, -0.25) is 0 Å². The van der Waals surface area contributed by atoms with Gasteiger partial charge < -0.3 is 9.40 Å². The molecular weight excluding hydrogens is 304 g/mol. The third-order valence-electron chi connectivity index (χ3n) is 3.03. The smallest absolute Gasteiger partial charge is 0.264 e. The number of nitrogens with one attached hydrogen (secondary N) is 2. The van der Waals surface area contributed by atoms with E-state index in [0.717, 1.165) is 5.56 Å². The molecule has 0 bridgehead atoms. The molecule has 8 heteroatoms. The Balaban J connectivity index is 1.77. The van der Waals surface area contributed by atoms with E-state index in [0.29, 0.717) is 11.6 Å². The number of rotatable bonds is 5. The summed E-state index contributed by atoms with van der Waals surface area (Å²) >= 11 is 0. The first-order chi connectivity index (χ1) is 10.5. The van der Waals surface area contributed by atoms with E-state index in [9.17, 15) is 8.42 Å². The van der Waals surface area contributed by atoms with Crippen LogP contribution >= 0.6 is 0 Å². The summed E-state index contributed by atoms with van der Waals surface area (Å²) < 4.78 is 32.3. The van der Waals surface area contributed by atoms with Crippen molar-refractivity contribution in [3.63, 3.8) is 0 Å². The number of aromatic amines is 1. The van der Waals surface area contributed by atoms with Gasteiger partial charge in [0.05, 0.1) is 0 Å². The highest BCUT2D eigenvalue weighted by molar-refractivity contribution is 7.89. The minimum atomic E-state index is -3.61. The van der Waals surface area contributed by atoms with Gasteiger partial charge in [-0.1, -0.05) is 30.3 Å². The Morgan fingerprint density at radius 3 is 2.68 bits per heavy atom. The Hall–Kier alpha value is -2.45. The van der Waals surface area contributed by atoms with Crippen molar-refractivity contribution in [2.45, 2.75) is 18.4 Å². The number of aromatic nitrogens is 3. The molecule has 0 spiro atoms. The van der Waals surface area contributed by atoms with E-state index in [2.05, 4.69) is 19.9 Å². The molecule has 0 aliphatic rings. The Morgan fingerprint density at radius 2 is 2.00 bits per heavy atom. The third-order valence-corrected chi connectivity index (χ3v) is 4.41. The van der Waals surface area contributed by atoms with Crippen LogP contribution in [0.2, 0.25) is 0 Å². The van der Waals surface area contributed by atoms with Crippen molar-refractivity contribution in [3.05, 3.63) is 54.0 Å². The Morgan fingerprint density at radius 1 is 1.23 bits per heavy atom. The van der Waals surface area contributed by atoms with Gasteiger partial charge in [0.15, 0.2) is 0 Å². The lowest BCUT2D eigenvalue weighted by molar-refractivity contribution is 0.531. The predicted octanol–water partition coefficient (Wildman–Crippen LogP) is 1.85. The fraction of sp³-hybridized carbons (Fsp3) is 0.143. The van der Waals surface area contributed by atoms with Gasteiger partial charge >= 0.3 is 0 Å². The molecule has 3 aromatic rings. The number of sulfonamides is 1. The zero-order chi connectivity index (χ0) is 15.6. The van der Waals surface area contributed by atoms with Gasteiger partial charge in [-0.05, 0) is 11.6 Å². The summed E-state index contributed by atoms with van der Waals surface area (Å²) in [5.74, 6) is 0.665. The first kappa shape index (κ1) is 14.5. The van der Waals surface area contributed by atoms with E-state index in [1.807, 2.05) is 30.3 Å². The average molecular weight is 318 g/mol. The van der Waals surface area contributed by atoms with Crippen LogP contribution in [0.1, 0.15) is 11.5 Å². The summed E-state index contributed by atoms with van der Waals surface area (Å²) in [6.07, 6.45) is 1.39. The van der Waals surface area contributed by atoms with Gasteiger partial charge in [0.2, 0.25) is 15.9 Å². The van der Waals surface area contributed by atoms with Gasteiger partial charge in [-0.15, -0.1) is 10.2 Å². The molecular formula is C14H14N4O3S. The first-order valence-electron chi connectivity index (χ1n) is 6.57. The van der Waals surface area contributed by atoms with Crippen molar-refractivity contribution in [1.29, 1.82) is 0 Å². The molecule has 114 valence electrons. The molecule has 0 amide bonds. The van der Waals surface area contributed by atoms with Crippen molar-refractivity contribution in [1.82, 2.24) is 19.9 Å². The highest BCUT2D eigenvalue weighted by Crippen LogP contribution is 2.20. The molecule has 7 nitrogen and oxygen atoms in total. The molecule has 0 atom stereocenters. The molecule has 1 aromatic carbocycles. The van der Waals surface area contributed by atoms with Crippen LogP contribution in [0.4, 0.5) is 0 Å². The molecule has 0 unspecified atom stereocenters. The van der Waals surface area contributed by atoms with Crippen LogP contribution in [-0.2, 0) is 16.6 Å². The van der Waals surface area contributed by atoms with Gasteiger partial charge in [-0.25, -0.2) is 13.1 Å². The normalized spacial score (nSPS) is 11.7. The fourth-order valence-electron chi connectivity index (χ4n) is 1.92. The Kier molecular flexibility index (Phi) is 3.78. The summed E-state index contributed by atoms with van der Waals surface area (Å²) in [6, 6.07) is 10.8. The molecule has 0 fully saturated rings. The summed E-state index contributed by atoms with van der Waals surface area (Å²) in [4.78, 5) is 2.94. The zero-order valence-corrected chi connectivity index (χ0v) is 12.6. The molecule has 3 rings (SSSR count). The van der Waals surface area contributed by atoms with Crippen molar-refractivity contribution < 1.29 is 12.8 Å². The van der Waals surface area contributed by atoms with Crippen LogP contribution in [0.5, 0.6) is 0 Å². The van der Waals surface area contributed by atoms with E-state index in [1.165, 1.54) is 12.3 Å². The molecule has 2 N–H and O–H groups in total. The van der Waals surface area contributed by atoms with Crippen LogP contribution < -0.4 is 4.72 Å². The summed E-state index contributed by atoms with van der Waals surface area (Å²) in [5.41, 5.74) is 1.34. The van der Waals surface area contributed by atoms with Crippen LogP contribution in [0, 0.1) is 6.92 Å². The summed E-state index contributed by atoms with van der Waals surface area (Å²) in [6.45, 7) is 1.89. The highest BCUT2D eigenvalue weighted by Gasteiger charge is 2.18. The largest absolute Gasteiger partial charge is 0.420 e. The molecule has 22 heavy (non-hydrogen) atoms. The topological polar surface area (TPSA) is 101 Å². The van der Waals surface area contributed by atoms with Crippen LogP contribution in [0.25, 0.3) is 11.6 Å². The van der Waals surface area contributed by atoms with Crippen LogP contribution in [0.15, 0.2) is 51.9 Å². The molecule has 2 heterocycles. The van der Waals surface area contributed by atoms with Crippen molar-refractivity contribution >= 4 is 10.0 Å². The Labute approximate surface area is 127 Å². The second-order valence-corrected chi connectivity index (χ2v) is 6.45. The number of hydrogen-bond donors (Lipinski definition) is 2. The van der Waals surface area contributed by atoms with E-state index < -0.39 is 10.0 Å². The summed E-state index contributed by atoms with van der Waals surface area (Å²) in [7, 11) is -3.61. The lowest BCUT2D eigenvalue weighted by atomic mass is 10.2. The second kappa shape index (κ2) is 5.74. The maximum Gasteiger partial charge on any atom is 0.264 e. The second-order valence-electron chi connectivity index (χ2n) is 4.69. The first-order valence-corrected chi connectivity index (χ1v) is 8.05. The highest BCUT2D eigenvalue weighted by atomic mass is 32.2. The maximum absolute atomic E-state index is 12.3. The van der Waals surface area contributed by atoms with Crippen LogP contribution in [0.3, 0.4) is 0 Å². The van der Waals surface area contributed by atoms with Crippen molar-refractivity contribution in [3.8, 4) is 11.6 Å². The van der Waals surface area contributed by atoms with E-state index >= 15 is 0 Å². The van der Waals surface area contributed by atoms with Crippen molar-refractivity contribution in [2.75, 3.05) is 0 Å². The average Bonchev–Trinajstić information content (AvgIpc) is 3.15. The predicted molar refractivity (Wildman–Crippen MR) is 79.3 cm³/mol. The Bertz CT molecular complexity index is 868. The standard InChI is InChI=1S/C14H14N4O3S/c1-10-17-18-14(21-10)13-7-12(9-15-13)22(19,20)16-8-11-5-3-2-4-6-11/h2-7,9,15-16H,8H2,1H3. The lowest BCUT2D eigenvalue weighted by Crippen LogP contribution is -2.22. The van der Waals surface area contributed by atoms with Gasteiger partial charge in [0.1, 0.15) is 10.6 Å². The minimum Gasteiger partial charge on any atom is -0.420 e. The number of hydrogen-bond acceptors (Lipinski definition) is 5. The van der Waals surface area contributed by atoms with Crippen molar-refractivity contribution in [2.24, 2.45) is 0 Å². The minimum absolute atomic E-state index is 0.120. The van der Waals surface area contributed by atoms with E-state index in [4.69, 9.17) is 4.42 Å². The number of H-pyrrole nitrogens is 1. The fourth-order valence-corrected chi connectivity index (χ4v) is 2.93. The third kappa shape index (κ3) is 3.07.